The van der Waals surface area contributed by atoms with Gasteiger partial charge in [-0.15, -0.1) is 0 Å². The van der Waals surface area contributed by atoms with E-state index in [2.05, 4.69) is 10.2 Å². The molecule has 3 N–H and O–H groups in total. The monoisotopic (exact) mass is 300 g/mol. The van der Waals surface area contributed by atoms with E-state index in [0.29, 0.717) is 13.1 Å². The Labute approximate surface area is 121 Å². The molecule has 0 saturated carbocycles. The van der Waals surface area contributed by atoms with Crippen LogP contribution in [0.25, 0.3) is 0 Å². The fraction of sp³-hybridized carbons (Fsp3) is 0.846. The van der Waals surface area contributed by atoms with E-state index in [0.717, 1.165) is 51.0 Å². The first kappa shape index (κ1) is 14.2. The van der Waals surface area contributed by atoms with Crippen molar-refractivity contribution in [1.82, 2.24) is 14.5 Å². The molecule has 7 heteroatoms. The largest absolute Gasteiger partial charge is 0.400 e. The van der Waals surface area contributed by atoms with Crippen molar-refractivity contribution in [3.8, 4) is 0 Å². The smallest absolute Gasteiger partial charge is 0.217 e. The van der Waals surface area contributed by atoms with Crippen molar-refractivity contribution in [2.24, 2.45) is 5.73 Å². The highest BCUT2D eigenvalue weighted by molar-refractivity contribution is 7.89. The van der Waals surface area contributed by atoms with E-state index in [1.807, 2.05) is 6.20 Å². The Balaban J connectivity index is 1.59. The van der Waals surface area contributed by atoms with E-state index in [1.165, 1.54) is 0 Å². The van der Waals surface area contributed by atoms with E-state index in [9.17, 15) is 8.42 Å². The molecule has 114 valence electrons. The molecule has 3 heterocycles. The lowest BCUT2D eigenvalue weighted by molar-refractivity contribution is 0.170. The second-order valence-electron chi connectivity index (χ2n) is 5.94. The second-order valence-corrected chi connectivity index (χ2v) is 8.15. The van der Waals surface area contributed by atoms with Crippen molar-refractivity contribution in [1.29, 1.82) is 0 Å². The Hall–Kier alpha value is -0.790. The topological polar surface area (TPSA) is 78.7 Å². The summed E-state index contributed by atoms with van der Waals surface area (Å²) < 4.78 is 26.4. The van der Waals surface area contributed by atoms with Gasteiger partial charge in [-0.3, -0.25) is 4.90 Å². The molecule has 0 aromatic rings. The van der Waals surface area contributed by atoms with Crippen LogP contribution in [0.2, 0.25) is 0 Å². The van der Waals surface area contributed by atoms with Crippen LogP contribution in [-0.2, 0) is 10.0 Å². The first-order valence-electron chi connectivity index (χ1n) is 7.51. The number of nitrogens with two attached hydrogens (primary N) is 1. The Morgan fingerprint density at radius 1 is 1.15 bits per heavy atom. The second kappa shape index (κ2) is 5.54. The third kappa shape index (κ3) is 2.54. The molecular weight excluding hydrogens is 276 g/mol. The predicted octanol–water partition coefficient (Wildman–Crippen LogP) is -0.352. The highest BCUT2D eigenvalue weighted by Crippen LogP contribution is 2.27. The molecule has 0 spiro atoms. The van der Waals surface area contributed by atoms with Gasteiger partial charge < -0.3 is 11.1 Å². The number of hydrogen-bond donors (Lipinski definition) is 2. The summed E-state index contributed by atoms with van der Waals surface area (Å²) in [6.07, 6.45) is 5.36. The average Bonchev–Trinajstić information content (AvgIpc) is 2.37. The van der Waals surface area contributed by atoms with Gasteiger partial charge in [-0.25, -0.2) is 12.7 Å². The van der Waals surface area contributed by atoms with Crippen molar-refractivity contribution >= 4 is 10.0 Å². The van der Waals surface area contributed by atoms with Crippen LogP contribution < -0.4 is 11.1 Å². The van der Waals surface area contributed by atoms with E-state index < -0.39 is 10.0 Å². The molecule has 0 bridgehead atoms. The summed E-state index contributed by atoms with van der Waals surface area (Å²) in [6.45, 7) is 4.03. The van der Waals surface area contributed by atoms with Gasteiger partial charge in [-0.05, 0) is 25.7 Å². The molecule has 20 heavy (non-hydrogen) atoms. The van der Waals surface area contributed by atoms with Gasteiger partial charge in [0.25, 0.3) is 0 Å². The number of rotatable bonds is 3. The third-order valence-electron chi connectivity index (χ3n) is 4.73. The van der Waals surface area contributed by atoms with Crippen LogP contribution in [-0.4, -0.2) is 61.6 Å². The van der Waals surface area contributed by atoms with Crippen molar-refractivity contribution in [3.05, 3.63) is 11.9 Å². The number of nitrogens with one attached hydrogen (secondary N) is 1. The molecule has 0 amide bonds. The predicted molar refractivity (Wildman–Crippen MR) is 78.4 cm³/mol. The summed E-state index contributed by atoms with van der Waals surface area (Å²) in [5.41, 5.74) is 6.91. The number of likely N-dealkylation sites (tertiary alicyclic amines) is 1. The first-order chi connectivity index (χ1) is 9.59. The zero-order valence-corrected chi connectivity index (χ0v) is 12.6. The molecule has 2 saturated heterocycles. The van der Waals surface area contributed by atoms with Crippen molar-refractivity contribution in [3.63, 3.8) is 0 Å². The van der Waals surface area contributed by atoms with E-state index in [-0.39, 0.29) is 11.3 Å². The zero-order chi connectivity index (χ0) is 14.2. The maximum Gasteiger partial charge on any atom is 0.217 e. The van der Waals surface area contributed by atoms with Gasteiger partial charge in [-0.1, -0.05) is 0 Å². The highest BCUT2D eigenvalue weighted by Gasteiger charge is 2.38. The molecule has 0 aromatic carbocycles. The SMILES string of the molecule is NC1=CNCCC1N1CCC(S(=O)(=O)N2CCC2)CC1. The first-order valence-corrected chi connectivity index (χ1v) is 9.01. The molecule has 2 fully saturated rings. The van der Waals surface area contributed by atoms with Crippen LogP contribution >= 0.6 is 0 Å². The van der Waals surface area contributed by atoms with Crippen molar-refractivity contribution < 1.29 is 8.42 Å². The molecule has 1 atom stereocenters. The van der Waals surface area contributed by atoms with Gasteiger partial charge >= 0.3 is 0 Å². The van der Waals surface area contributed by atoms with Gasteiger partial charge in [0.15, 0.2) is 0 Å². The number of sulfonamides is 1. The summed E-state index contributed by atoms with van der Waals surface area (Å²) in [4.78, 5) is 2.34. The molecule has 3 aliphatic rings. The van der Waals surface area contributed by atoms with Gasteiger partial charge in [0.05, 0.1) is 11.3 Å². The summed E-state index contributed by atoms with van der Waals surface area (Å²) in [7, 11) is -3.04. The van der Waals surface area contributed by atoms with Crippen LogP contribution in [0, 0.1) is 0 Å². The molecular formula is C13H24N4O2S. The minimum atomic E-state index is -3.04. The maximum atomic E-state index is 12.4. The minimum absolute atomic E-state index is 0.189. The van der Waals surface area contributed by atoms with Gasteiger partial charge in [0.2, 0.25) is 10.0 Å². The Morgan fingerprint density at radius 3 is 2.40 bits per heavy atom. The lowest BCUT2D eigenvalue weighted by Crippen LogP contribution is -2.52. The molecule has 0 radical (unpaired) electrons. The van der Waals surface area contributed by atoms with Crippen LogP contribution in [0.4, 0.5) is 0 Å². The lowest BCUT2D eigenvalue weighted by Gasteiger charge is -2.41. The molecule has 0 aromatic heterocycles. The Kier molecular flexibility index (Phi) is 3.92. The molecule has 3 rings (SSSR count). The standard InChI is InChI=1S/C13H24N4O2S/c14-12-10-15-5-2-13(12)16-8-3-11(4-9-16)20(18,19)17-6-1-7-17/h10-11,13,15H,1-9,14H2. The number of piperidine rings is 1. The zero-order valence-electron chi connectivity index (χ0n) is 11.8. The molecule has 0 aliphatic carbocycles. The minimum Gasteiger partial charge on any atom is -0.400 e. The van der Waals surface area contributed by atoms with E-state index >= 15 is 0 Å². The van der Waals surface area contributed by atoms with Crippen LogP contribution in [0.1, 0.15) is 25.7 Å². The normalized spacial score (nSPS) is 30.4. The molecule has 1 unspecified atom stereocenters. The van der Waals surface area contributed by atoms with Crippen LogP contribution in [0.3, 0.4) is 0 Å². The number of nitrogens with zero attached hydrogens (tertiary/aromatic N) is 2. The Bertz CT molecular complexity index is 479. The summed E-state index contributed by atoms with van der Waals surface area (Å²) in [5.74, 6) is 0. The number of hydrogen-bond acceptors (Lipinski definition) is 5. The molecule has 3 aliphatic heterocycles. The molecule has 6 nitrogen and oxygen atoms in total. The van der Waals surface area contributed by atoms with Crippen molar-refractivity contribution in [2.45, 2.75) is 37.0 Å². The van der Waals surface area contributed by atoms with Gasteiger partial charge in [0.1, 0.15) is 0 Å². The van der Waals surface area contributed by atoms with Crippen LogP contribution in [0.15, 0.2) is 11.9 Å². The van der Waals surface area contributed by atoms with E-state index in [4.69, 9.17) is 5.73 Å². The highest BCUT2D eigenvalue weighted by atomic mass is 32.2. The fourth-order valence-corrected chi connectivity index (χ4v) is 5.30. The van der Waals surface area contributed by atoms with Crippen LogP contribution in [0.5, 0.6) is 0 Å². The lowest BCUT2D eigenvalue weighted by atomic mass is 10.0. The maximum absolute atomic E-state index is 12.4. The third-order valence-corrected chi connectivity index (χ3v) is 7.13. The van der Waals surface area contributed by atoms with Crippen molar-refractivity contribution in [2.75, 3.05) is 32.7 Å². The van der Waals surface area contributed by atoms with Gasteiger partial charge in [0, 0.05) is 44.6 Å². The average molecular weight is 300 g/mol. The van der Waals surface area contributed by atoms with Gasteiger partial charge in [-0.2, -0.15) is 0 Å². The van der Waals surface area contributed by atoms with E-state index in [1.54, 1.807) is 4.31 Å². The fourth-order valence-electron chi connectivity index (χ4n) is 3.30. The Morgan fingerprint density at radius 2 is 1.85 bits per heavy atom. The summed E-state index contributed by atoms with van der Waals surface area (Å²) >= 11 is 0. The summed E-state index contributed by atoms with van der Waals surface area (Å²) in [6, 6.07) is 0.281. The quantitative estimate of drug-likeness (QED) is 0.745. The summed E-state index contributed by atoms with van der Waals surface area (Å²) in [5, 5.41) is 2.96.